The maximum absolute atomic E-state index is 13.7. The third kappa shape index (κ3) is 2.92. The highest BCUT2D eigenvalue weighted by Crippen LogP contribution is 2.19. The van der Waals surface area contributed by atoms with Gasteiger partial charge in [0.1, 0.15) is 11.4 Å². The fourth-order valence-electron chi connectivity index (χ4n) is 2.47. The van der Waals surface area contributed by atoms with Gasteiger partial charge in [0.2, 0.25) is 0 Å². The SMILES string of the molecule is Cc1cc(C)n(CC(O)c2ccccc2F)c(=O)c1C(N)=O. The van der Waals surface area contributed by atoms with E-state index in [-0.39, 0.29) is 17.7 Å². The zero-order valence-corrected chi connectivity index (χ0v) is 12.3. The molecule has 0 aliphatic heterocycles. The molecule has 116 valence electrons. The smallest absolute Gasteiger partial charge is 0.263 e. The van der Waals surface area contributed by atoms with Gasteiger partial charge in [-0.3, -0.25) is 9.59 Å². The molecule has 0 bridgehead atoms. The molecule has 0 saturated carbocycles. The van der Waals surface area contributed by atoms with Crippen LogP contribution in [0.2, 0.25) is 0 Å². The Labute approximate surface area is 126 Å². The van der Waals surface area contributed by atoms with Gasteiger partial charge in [-0.1, -0.05) is 18.2 Å². The summed E-state index contributed by atoms with van der Waals surface area (Å²) in [6.45, 7) is 3.13. The van der Waals surface area contributed by atoms with Gasteiger partial charge in [-0.15, -0.1) is 0 Å². The molecule has 0 saturated heterocycles. The van der Waals surface area contributed by atoms with Crippen molar-refractivity contribution in [1.29, 1.82) is 0 Å². The van der Waals surface area contributed by atoms with E-state index < -0.39 is 23.4 Å². The van der Waals surface area contributed by atoms with Crippen molar-refractivity contribution < 1.29 is 14.3 Å². The van der Waals surface area contributed by atoms with E-state index in [1.807, 2.05) is 0 Å². The highest BCUT2D eigenvalue weighted by Gasteiger charge is 2.19. The second-order valence-electron chi connectivity index (χ2n) is 5.16. The lowest BCUT2D eigenvalue weighted by Crippen LogP contribution is -2.33. The molecule has 1 unspecified atom stereocenters. The maximum atomic E-state index is 13.7. The van der Waals surface area contributed by atoms with Gasteiger partial charge in [0.05, 0.1) is 12.6 Å². The number of nitrogens with zero attached hydrogens (tertiary/aromatic N) is 1. The molecular formula is C16H17FN2O3. The van der Waals surface area contributed by atoms with Crippen LogP contribution in [0, 0.1) is 19.7 Å². The number of hydrogen-bond acceptors (Lipinski definition) is 3. The van der Waals surface area contributed by atoms with Crippen molar-refractivity contribution in [2.24, 2.45) is 5.73 Å². The Balaban J connectivity index is 2.46. The second-order valence-corrected chi connectivity index (χ2v) is 5.16. The molecule has 1 amide bonds. The third-order valence-electron chi connectivity index (χ3n) is 3.57. The number of halogens is 1. The number of amides is 1. The highest BCUT2D eigenvalue weighted by molar-refractivity contribution is 5.93. The first-order valence-electron chi connectivity index (χ1n) is 6.76. The predicted octanol–water partition coefficient (Wildman–Crippen LogP) is 1.44. The Hall–Kier alpha value is -2.47. The lowest BCUT2D eigenvalue weighted by molar-refractivity contribution is 0.0996. The molecule has 1 atom stereocenters. The lowest BCUT2D eigenvalue weighted by Gasteiger charge is -2.17. The van der Waals surface area contributed by atoms with E-state index in [1.54, 1.807) is 26.0 Å². The molecule has 1 aromatic heterocycles. The molecule has 0 fully saturated rings. The van der Waals surface area contributed by atoms with Crippen molar-refractivity contribution in [2.75, 3.05) is 0 Å². The first kappa shape index (κ1) is 15.9. The van der Waals surface area contributed by atoms with Crippen LogP contribution in [-0.2, 0) is 6.54 Å². The molecule has 1 aromatic carbocycles. The van der Waals surface area contributed by atoms with Gasteiger partial charge >= 0.3 is 0 Å². The zero-order valence-electron chi connectivity index (χ0n) is 12.3. The van der Waals surface area contributed by atoms with Crippen molar-refractivity contribution in [2.45, 2.75) is 26.5 Å². The number of pyridine rings is 1. The van der Waals surface area contributed by atoms with E-state index in [4.69, 9.17) is 5.73 Å². The number of aryl methyl sites for hydroxylation is 2. The number of rotatable bonds is 4. The fourth-order valence-corrected chi connectivity index (χ4v) is 2.47. The summed E-state index contributed by atoms with van der Waals surface area (Å²) >= 11 is 0. The molecule has 6 heteroatoms. The minimum Gasteiger partial charge on any atom is -0.386 e. The summed E-state index contributed by atoms with van der Waals surface area (Å²) in [4.78, 5) is 23.8. The van der Waals surface area contributed by atoms with Gasteiger partial charge in [0, 0.05) is 11.3 Å². The zero-order chi connectivity index (χ0) is 16.4. The van der Waals surface area contributed by atoms with Crippen LogP contribution >= 0.6 is 0 Å². The molecule has 2 rings (SSSR count). The number of carbonyl (C=O) groups excluding carboxylic acids is 1. The molecule has 0 spiro atoms. The average molecular weight is 304 g/mol. The normalized spacial score (nSPS) is 12.2. The van der Waals surface area contributed by atoms with E-state index in [0.717, 1.165) is 0 Å². The van der Waals surface area contributed by atoms with E-state index >= 15 is 0 Å². The Bertz CT molecular complexity index is 783. The first-order chi connectivity index (χ1) is 10.3. The molecule has 5 nitrogen and oxygen atoms in total. The number of aromatic nitrogens is 1. The minimum atomic E-state index is -1.21. The predicted molar refractivity (Wildman–Crippen MR) is 80.1 cm³/mol. The number of primary amides is 1. The van der Waals surface area contributed by atoms with Gasteiger partial charge in [0.15, 0.2) is 0 Å². The van der Waals surface area contributed by atoms with Crippen LogP contribution in [0.5, 0.6) is 0 Å². The van der Waals surface area contributed by atoms with Crippen molar-refractivity contribution in [3.05, 3.63) is 68.9 Å². The molecule has 3 N–H and O–H groups in total. The topological polar surface area (TPSA) is 85.3 Å². The summed E-state index contributed by atoms with van der Waals surface area (Å²) in [5, 5.41) is 10.2. The van der Waals surface area contributed by atoms with E-state index in [1.165, 1.54) is 22.8 Å². The van der Waals surface area contributed by atoms with Crippen LogP contribution in [-0.4, -0.2) is 15.6 Å². The molecule has 0 aliphatic carbocycles. The molecule has 0 radical (unpaired) electrons. The van der Waals surface area contributed by atoms with Crippen LogP contribution < -0.4 is 11.3 Å². The molecule has 1 heterocycles. The van der Waals surface area contributed by atoms with Gasteiger partial charge in [-0.2, -0.15) is 0 Å². The minimum absolute atomic E-state index is 0.0926. The summed E-state index contributed by atoms with van der Waals surface area (Å²) in [5.41, 5.74) is 5.65. The van der Waals surface area contributed by atoms with Crippen LogP contribution in [0.4, 0.5) is 4.39 Å². The van der Waals surface area contributed by atoms with Crippen LogP contribution in [0.1, 0.15) is 33.3 Å². The van der Waals surface area contributed by atoms with E-state index in [9.17, 15) is 19.1 Å². The van der Waals surface area contributed by atoms with Gasteiger partial charge < -0.3 is 15.4 Å². The largest absolute Gasteiger partial charge is 0.386 e. The quantitative estimate of drug-likeness (QED) is 0.896. The van der Waals surface area contributed by atoms with Crippen molar-refractivity contribution in [3.63, 3.8) is 0 Å². The van der Waals surface area contributed by atoms with Crippen LogP contribution in [0.25, 0.3) is 0 Å². The standard InChI is InChI=1S/C16H17FN2O3/c1-9-7-10(2)19(16(22)14(9)15(18)21)8-13(20)11-5-3-4-6-12(11)17/h3-7,13,20H,8H2,1-2H3,(H2,18,21). The van der Waals surface area contributed by atoms with Crippen molar-refractivity contribution in [3.8, 4) is 0 Å². The summed E-state index contributed by atoms with van der Waals surface area (Å²) in [5.74, 6) is -1.38. The Morgan fingerprint density at radius 2 is 2.00 bits per heavy atom. The lowest BCUT2D eigenvalue weighted by atomic mass is 10.1. The highest BCUT2D eigenvalue weighted by atomic mass is 19.1. The number of nitrogens with two attached hydrogens (primary N) is 1. The van der Waals surface area contributed by atoms with Crippen LogP contribution in [0.15, 0.2) is 35.1 Å². The van der Waals surface area contributed by atoms with E-state index in [2.05, 4.69) is 0 Å². The Morgan fingerprint density at radius 3 is 2.59 bits per heavy atom. The molecule has 22 heavy (non-hydrogen) atoms. The second kappa shape index (κ2) is 6.11. The fraction of sp³-hybridized carbons (Fsp3) is 0.250. The number of hydrogen-bond donors (Lipinski definition) is 2. The third-order valence-corrected chi connectivity index (χ3v) is 3.57. The van der Waals surface area contributed by atoms with Crippen molar-refractivity contribution in [1.82, 2.24) is 4.57 Å². The van der Waals surface area contributed by atoms with Crippen LogP contribution in [0.3, 0.4) is 0 Å². The first-order valence-corrected chi connectivity index (χ1v) is 6.76. The monoisotopic (exact) mass is 304 g/mol. The summed E-state index contributed by atoms with van der Waals surface area (Å²) in [6, 6.07) is 7.43. The number of aliphatic hydroxyl groups excluding tert-OH is 1. The molecule has 2 aromatic rings. The average Bonchev–Trinajstić information content (AvgIpc) is 2.43. The molecular weight excluding hydrogens is 287 g/mol. The molecule has 0 aliphatic rings. The number of benzene rings is 1. The summed E-state index contributed by atoms with van der Waals surface area (Å²) < 4.78 is 14.9. The number of aliphatic hydroxyl groups is 1. The Kier molecular flexibility index (Phi) is 4.42. The van der Waals surface area contributed by atoms with Gasteiger partial charge in [-0.25, -0.2) is 4.39 Å². The summed E-state index contributed by atoms with van der Waals surface area (Å²) in [7, 11) is 0. The van der Waals surface area contributed by atoms with Crippen molar-refractivity contribution >= 4 is 5.91 Å². The Morgan fingerprint density at radius 1 is 1.36 bits per heavy atom. The van der Waals surface area contributed by atoms with Gasteiger partial charge in [-0.05, 0) is 31.5 Å². The van der Waals surface area contributed by atoms with E-state index in [0.29, 0.717) is 11.3 Å². The van der Waals surface area contributed by atoms with Gasteiger partial charge in [0.25, 0.3) is 11.5 Å². The summed E-state index contributed by atoms with van der Waals surface area (Å²) in [6.07, 6.45) is -1.21. The number of carbonyl (C=O) groups is 1. The maximum Gasteiger partial charge on any atom is 0.263 e.